The van der Waals surface area contributed by atoms with Crippen LogP contribution in [0.2, 0.25) is 0 Å². The largest absolute Gasteiger partial charge is 0.458 e. The number of hydrogen-bond acceptors (Lipinski definition) is 3. The highest BCUT2D eigenvalue weighted by Crippen LogP contribution is 2.36. The molecule has 5 atom stereocenters. The molecular weight excluding hydrogens is 264 g/mol. The van der Waals surface area contributed by atoms with Gasteiger partial charge in [-0.15, -0.1) is 0 Å². The predicted octanol–water partition coefficient (Wildman–Crippen LogP) is 4.11. The molecule has 0 saturated heterocycles. The lowest BCUT2D eigenvalue weighted by molar-refractivity contribution is -0.145. The second kappa shape index (κ2) is 7.44. The minimum atomic E-state index is -0.204. The van der Waals surface area contributed by atoms with E-state index in [1.165, 1.54) is 26.2 Å². The van der Waals surface area contributed by atoms with E-state index in [0.29, 0.717) is 12.0 Å². The number of carbonyl (C=O) groups is 1. The van der Waals surface area contributed by atoms with E-state index in [-0.39, 0.29) is 18.2 Å². The van der Waals surface area contributed by atoms with Gasteiger partial charge in [-0.3, -0.25) is 4.79 Å². The fourth-order valence-corrected chi connectivity index (χ4v) is 3.52. The number of ether oxygens (including phenoxy) is 2. The molecule has 0 aromatic carbocycles. The molecule has 1 saturated carbocycles. The highest BCUT2D eigenvalue weighted by molar-refractivity contribution is 5.66. The Bertz CT molecular complexity index is 375. The van der Waals surface area contributed by atoms with Crippen molar-refractivity contribution in [3.05, 3.63) is 12.2 Å². The molecule has 0 amide bonds. The third-order valence-corrected chi connectivity index (χ3v) is 5.05. The average molecular weight is 294 g/mol. The van der Waals surface area contributed by atoms with E-state index < -0.39 is 0 Å². The van der Waals surface area contributed by atoms with Crippen LogP contribution in [0.25, 0.3) is 0 Å². The van der Waals surface area contributed by atoms with Gasteiger partial charge < -0.3 is 9.47 Å². The van der Waals surface area contributed by atoms with Crippen LogP contribution in [0.15, 0.2) is 12.2 Å². The van der Waals surface area contributed by atoms with Crippen molar-refractivity contribution in [3.63, 3.8) is 0 Å². The summed E-state index contributed by atoms with van der Waals surface area (Å²) in [5.74, 6) is 2.00. The van der Waals surface area contributed by atoms with E-state index in [2.05, 4.69) is 26.8 Å². The molecule has 120 valence electrons. The first-order chi connectivity index (χ1) is 9.95. The molecule has 0 aromatic rings. The molecule has 2 rings (SSSR count). The Hall–Kier alpha value is -0.830. The molecule has 0 aromatic heterocycles. The Labute approximate surface area is 129 Å². The van der Waals surface area contributed by atoms with Crippen LogP contribution >= 0.6 is 0 Å². The highest BCUT2D eigenvalue weighted by Gasteiger charge is 2.32. The van der Waals surface area contributed by atoms with Crippen molar-refractivity contribution >= 4 is 5.97 Å². The number of rotatable bonds is 4. The van der Waals surface area contributed by atoms with E-state index in [0.717, 1.165) is 24.7 Å². The molecule has 0 radical (unpaired) electrons. The summed E-state index contributed by atoms with van der Waals surface area (Å²) in [5.41, 5.74) is 0. The molecule has 0 spiro atoms. The van der Waals surface area contributed by atoms with Gasteiger partial charge in [0.2, 0.25) is 0 Å². The zero-order valence-electron chi connectivity index (χ0n) is 13.9. The smallest absolute Gasteiger partial charge is 0.303 e. The van der Waals surface area contributed by atoms with Crippen molar-refractivity contribution in [2.24, 2.45) is 17.8 Å². The zero-order chi connectivity index (χ0) is 15.4. The van der Waals surface area contributed by atoms with Gasteiger partial charge in [0.1, 0.15) is 6.10 Å². The van der Waals surface area contributed by atoms with Gasteiger partial charge in [-0.2, -0.15) is 0 Å². The van der Waals surface area contributed by atoms with Crippen LogP contribution in [0.4, 0.5) is 0 Å². The summed E-state index contributed by atoms with van der Waals surface area (Å²) in [4.78, 5) is 11.0. The van der Waals surface area contributed by atoms with Crippen LogP contribution in [0.1, 0.15) is 59.8 Å². The van der Waals surface area contributed by atoms with Crippen molar-refractivity contribution in [2.75, 3.05) is 0 Å². The predicted molar refractivity (Wildman–Crippen MR) is 83.9 cm³/mol. The fourth-order valence-electron chi connectivity index (χ4n) is 3.52. The first-order valence-corrected chi connectivity index (χ1v) is 8.46. The van der Waals surface area contributed by atoms with E-state index in [1.807, 2.05) is 6.08 Å². The van der Waals surface area contributed by atoms with E-state index >= 15 is 0 Å². The maximum absolute atomic E-state index is 11.0. The Morgan fingerprint density at radius 3 is 2.33 bits per heavy atom. The van der Waals surface area contributed by atoms with Crippen LogP contribution < -0.4 is 0 Å². The van der Waals surface area contributed by atoms with Crippen molar-refractivity contribution in [1.29, 1.82) is 0 Å². The fraction of sp³-hybridized carbons (Fsp3) is 0.833. The minimum absolute atomic E-state index is 0.0606. The summed E-state index contributed by atoms with van der Waals surface area (Å²) in [6, 6.07) is 0. The second-order valence-corrected chi connectivity index (χ2v) is 7.12. The molecular formula is C18H30O3. The van der Waals surface area contributed by atoms with Gasteiger partial charge in [0.05, 0.1) is 12.2 Å². The summed E-state index contributed by atoms with van der Waals surface area (Å²) < 4.78 is 11.6. The molecule has 3 unspecified atom stereocenters. The van der Waals surface area contributed by atoms with Crippen molar-refractivity contribution in [3.8, 4) is 0 Å². The summed E-state index contributed by atoms with van der Waals surface area (Å²) in [6.07, 6.45) is 10.2. The minimum Gasteiger partial charge on any atom is -0.458 e. The van der Waals surface area contributed by atoms with E-state index in [4.69, 9.17) is 9.47 Å². The molecule has 2 aliphatic rings. The topological polar surface area (TPSA) is 35.5 Å². The molecule has 21 heavy (non-hydrogen) atoms. The maximum Gasteiger partial charge on any atom is 0.303 e. The molecule has 3 heteroatoms. The summed E-state index contributed by atoms with van der Waals surface area (Å²) in [5, 5.41) is 0. The molecule has 0 heterocycles. The van der Waals surface area contributed by atoms with Gasteiger partial charge in [0.15, 0.2) is 0 Å². The summed E-state index contributed by atoms with van der Waals surface area (Å²) in [6.45, 7) is 8.42. The molecule has 0 bridgehead atoms. The van der Waals surface area contributed by atoms with Gasteiger partial charge in [-0.25, -0.2) is 0 Å². The highest BCUT2D eigenvalue weighted by atomic mass is 16.5. The first kappa shape index (κ1) is 16.5. The van der Waals surface area contributed by atoms with Crippen molar-refractivity contribution in [2.45, 2.75) is 78.1 Å². The van der Waals surface area contributed by atoms with Gasteiger partial charge in [-0.1, -0.05) is 26.8 Å². The van der Waals surface area contributed by atoms with Crippen LogP contribution in [0, 0.1) is 17.8 Å². The lowest BCUT2D eigenvalue weighted by Gasteiger charge is -2.38. The Balaban J connectivity index is 1.85. The van der Waals surface area contributed by atoms with Gasteiger partial charge in [0.25, 0.3) is 0 Å². The van der Waals surface area contributed by atoms with Crippen LogP contribution in [0.3, 0.4) is 0 Å². The van der Waals surface area contributed by atoms with Gasteiger partial charge in [0, 0.05) is 6.92 Å². The zero-order valence-corrected chi connectivity index (χ0v) is 13.9. The maximum atomic E-state index is 11.0. The third kappa shape index (κ3) is 4.84. The number of hydrogen-bond donors (Lipinski definition) is 0. The quantitative estimate of drug-likeness (QED) is 0.578. The SMILES string of the molecule is CC(=O)O[C@H]1C=C[C@H](OC2CC(C(C)C)CCC2C)CC1. The Morgan fingerprint density at radius 2 is 1.76 bits per heavy atom. The third-order valence-electron chi connectivity index (χ3n) is 5.05. The van der Waals surface area contributed by atoms with Crippen molar-refractivity contribution < 1.29 is 14.3 Å². The number of esters is 1. The Kier molecular flexibility index (Phi) is 5.86. The number of carbonyl (C=O) groups excluding carboxylic acids is 1. The monoisotopic (exact) mass is 294 g/mol. The second-order valence-electron chi connectivity index (χ2n) is 7.12. The normalized spacial score (nSPS) is 36.7. The van der Waals surface area contributed by atoms with Crippen LogP contribution in [0.5, 0.6) is 0 Å². The lowest BCUT2D eigenvalue weighted by atomic mass is 9.76. The molecule has 1 fully saturated rings. The molecule has 0 N–H and O–H groups in total. The van der Waals surface area contributed by atoms with Gasteiger partial charge >= 0.3 is 5.97 Å². The van der Waals surface area contributed by atoms with Crippen LogP contribution in [-0.2, 0) is 14.3 Å². The van der Waals surface area contributed by atoms with Crippen LogP contribution in [-0.4, -0.2) is 24.3 Å². The molecule has 0 aliphatic heterocycles. The average Bonchev–Trinajstić information content (AvgIpc) is 2.42. The summed E-state index contributed by atoms with van der Waals surface area (Å²) in [7, 11) is 0. The Morgan fingerprint density at radius 1 is 1.10 bits per heavy atom. The molecule has 3 nitrogen and oxygen atoms in total. The lowest BCUT2D eigenvalue weighted by Crippen LogP contribution is -2.35. The van der Waals surface area contributed by atoms with E-state index in [9.17, 15) is 4.79 Å². The first-order valence-electron chi connectivity index (χ1n) is 8.46. The van der Waals surface area contributed by atoms with Crippen molar-refractivity contribution in [1.82, 2.24) is 0 Å². The van der Waals surface area contributed by atoms with E-state index in [1.54, 1.807) is 0 Å². The molecule has 2 aliphatic carbocycles. The van der Waals surface area contributed by atoms with Gasteiger partial charge in [-0.05, 0) is 55.9 Å². The summed E-state index contributed by atoms with van der Waals surface area (Å²) >= 11 is 0. The standard InChI is InChI=1S/C18H30O3/c1-12(2)15-6-5-13(3)18(11-15)21-17-9-7-16(8-10-17)20-14(4)19/h7,9,12-13,15-18H,5-6,8,10-11H2,1-4H3/t13?,15?,16-,17-,18?/m0/s1.